The molecule has 6 aromatic carbocycles. The number of quaternary nitrogens is 2. The third-order valence-corrected chi connectivity index (χ3v) is 14.0. The Bertz CT molecular complexity index is 2040. The van der Waals surface area contributed by atoms with Crippen molar-refractivity contribution in [2.45, 2.75) is 104 Å². The smallest absolute Gasteiger partial charge is 0.176 e. The zero-order valence-corrected chi connectivity index (χ0v) is 38.3. The minimum atomic E-state index is -0.712. The Kier molecular flexibility index (Phi) is 13.6. The number of aryl methyl sites for hydroxylation is 4. The van der Waals surface area contributed by atoms with Gasteiger partial charge in [0, 0.05) is 34.1 Å². The van der Waals surface area contributed by atoms with Crippen molar-refractivity contribution in [2.75, 3.05) is 27.2 Å². The average Bonchev–Trinajstić information content (AvgIpc) is 3.60. The van der Waals surface area contributed by atoms with Crippen LogP contribution in [-0.2, 0) is 48.5 Å². The fourth-order valence-corrected chi connectivity index (χ4v) is 10.8. The van der Waals surface area contributed by atoms with E-state index in [4.69, 9.17) is 9.47 Å². The third-order valence-electron chi connectivity index (χ3n) is 14.0. The summed E-state index contributed by atoms with van der Waals surface area (Å²) in [6, 6.07) is 59.0. The Hall–Kier alpha value is -4.84. The van der Waals surface area contributed by atoms with Gasteiger partial charge in [-0.1, -0.05) is 186 Å². The first-order valence-electron chi connectivity index (χ1n) is 23.3. The Balaban J connectivity index is 1.22. The van der Waals surface area contributed by atoms with Gasteiger partial charge in [-0.05, 0) is 64.5 Å². The highest BCUT2D eigenvalue weighted by molar-refractivity contribution is 5.25. The fraction of sp³-hybridized carbons (Fsp3) is 0.379. The SMILES string of the molecule is Cc1ccc(C[N+](C)(Cc2ccc(C)cc2)C[C@H]2OC3(O[C@@H]2C[N+](C)(Cc2ccc(C)cc2)Cc2ccc(C)cc2)C(Cc2ccccc2)CCCC3Cc2ccccc2)cc1. The van der Waals surface area contributed by atoms with E-state index in [2.05, 4.69) is 200 Å². The van der Waals surface area contributed by atoms with Gasteiger partial charge in [0.25, 0.3) is 0 Å². The molecule has 8 rings (SSSR count). The number of nitrogens with zero attached hydrogens (tertiary/aromatic N) is 2. The first kappa shape index (κ1) is 43.8. The number of ether oxygens (including phenoxy) is 2. The molecular weight excluding hydrogens is 757 g/mol. The van der Waals surface area contributed by atoms with E-state index in [1.807, 2.05) is 0 Å². The summed E-state index contributed by atoms with van der Waals surface area (Å²) in [6.45, 7) is 14.1. The van der Waals surface area contributed by atoms with Gasteiger partial charge in [-0.25, -0.2) is 0 Å². The maximum atomic E-state index is 8.01. The Morgan fingerprint density at radius 2 is 0.694 bits per heavy atom. The molecule has 4 heteroatoms. The van der Waals surface area contributed by atoms with Gasteiger partial charge >= 0.3 is 0 Å². The molecule has 2 fully saturated rings. The molecule has 2 aliphatic rings. The van der Waals surface area contributed by atoms with Crippen LogP contribution < -0.4 is 0 Å². The maximum absolute atomic E-state index is 8.01. The van der Waals surface area contributed by atoms with Gasteiger partial charge in [-0.15, -0.1) is 0 Å². The van der Waals surface area contributed by atoms with Crippen molar-refractivity contribution in [1.82, 2.24) is 0 Å². The number of benzene rings is 6. The molecule has 1 saturated carbocycles. The zero-order chi connectivity index (χ0) is 43.2. The van der Waals surface area contributed by atoms with E-state index >= 15 is 0 Å². The third kappa shape index (κ3) is 11.0. The molecule has 0 radical (unpaired) electrons. The number of rotatable bonds is 16. The van der Waals surface area contributed by atoms with E-state index in [0.717, 1.165) is 73.9 Å². The summed E-state index contributed by atoms with van der Waals surface area (Å²) in [5, 5.41) is 0. The second-order valence-corrected chi connectivity index (χ2v) is 19.9. The van der Waals surface area contributed by atoms with Gasteiger partial charge in [0.2, 0.25) is 0 Å². The highest BCUT2D eigenvalue weighted by Crippen LogP contribution is 2.51. The van der Waals surface area contributed by atoms with Crippen molar-refractivity contribution in [3.05, 3.63) is 213 Å². The summed E-state index contributed by atoms with van der Waals surface area (Å²) < 4.78 is 17.7. The molecule has 0 amide bonds. The van der Waals surface area contributed by atoms with Gasteiger partial charge in [-0.3, -0.25) is 0 Å². The van der Waals surface area contributed by atoms with Crippen LogP contribution in [0, 0.1) is 39.5 Å². The molecule has 1 heterocycles. The van der Waals surface area contributed by atoms with Gasteiger partial charge in [0.1, 0.15) is 51.5 Å². The van der Waals surface area contributed by atoms with Crippen LogP contribution in [0.25, 0.3) is 0 Å². The van der Waals surface area contributed by atoms with Crippen molar-refractivity contribution < 1.29 is 18.4 Å². The van der Waals surface area contributed by atoms with Crippen molar-refractivity contribution in [1.29, 1.82) is 0 Å². The van der Waals surface area contributed by atoms with E-state index in [0.29, 0.717) is 0 Å². The molecule has 1 spiro atoms. The van der Waals surface area contributed by atoms with E-state index in [-0.39, 0.29) is 24.0 Å². The lowest BCUT2D eigenvalue weighted by Gasteiger charge is -2.46. The topological polar surface area (TPSA) is 18.5 Å². The normalized spacial score (nSPS) is 20.1. The van der Waals surface area contributed by atoms with Crippen molar-refractivity contribution in [3.8, 4) is 0 Å². The minimum absolute atomic E-state index is 0.112. The Labute approximate surface area is 373 Å². The summed E-state index contributed by atoms with van der Waals surface area (Å²) in [7, 11) is 4.92. The summed E-state index contributed by atoms with van der Waals surface area (Å²) in [5.41, 5.74) is 13.3. The van der Waals surface area contributed by atoms with E-state index in [1.165, 1.54) is 62.1 Å². The second-order valence-electron chi connectivity index (χ2n) is 19.9. The van der Waals surface area contributed by atoms with Gasteiger partial charge in [0.05, 0.1) is 14.1 Å². The Morgan fingerprint density at radius 3 is 0.984 bits per heavy atom. The molecular formula is C58H70N2O2+2. The van der Waals surface area contributed by atoms with Crippen LogP contribution in [0.1, 0.15) is 74.9 Å². The number of hydrogen-bond acceptors (Lipinski definition) is 2. The highest BCUT2D eigenvalue weighted by Gasteiger charge is 2.60. The first-order valence-corrected chi connectivity index (χ1v) is 23.3. The quantitative estimate of drug-likeness (QED) is 0.0905. The molecule has 1 aliphatic heterocycles. The lowest BCUT2D eigenvalue weighted by Crippen LogP contribution is -2.54. The van der Waals surface area contributed by atoms with Crippen molar-refractivity contribution >= 4 is 0 Å². The maximum Gasteiger partial charge on any atom is 0.176 e. The second kappa shape index (κ2) is 19.3. The summed E-state index contributed by atoms with van der Waals surface area (Å²) in [5.74, 6) is -0.238. The van der Waals surface area contributed by atoms with E-state index in [1.54, 1.807) is 0 Å². The van der Waals surface area contributed by atoms with Crippen molar-refractivity contribution in [3.63, 3.8) is 0 Å². The molecule has 1 aliphatic carbocycles. The van der Waals surface area contributed by atoms with Gasteiger partial charge in [0.15, 0.2) is 5.79 Å². The lowest BCUT2D eigenvalue weighted by atomic mass is 9.71. The van der Waals surface area contributed by atoms with Crippen LogP contribution in [0.15, 0.2) is 158 Å². The fourth-order valence-electron chi connectivity index (χ4n) is 10.8. The molecule has 0 bridgehead atoms. The molecule has 62 heavy (non-hydrogen) atoms. The molecule has 4 nitrogen and oxygen atoms in total. The average molecular weight is 827 g/mol. The standard InChI is InChI=1S/C58H70N2O2/c1-44-20-28-50(29-21-44)38-59(5,39-51-30-22-45(2)23-31-51)42-56-57(43-60(6,40-52-32-24-46(3)25-33-52)41-53-34-26-47(4)27-35-53)62-58(61-56)54(36-48-14-9-7-10-15-48)18-13-19-55(58)37-49-16-11-8-12-17-49/h7-12,14-17,20-35,54-57H,13,18-19,36-43H2,1-6H3/q+2/t54?,55?,56-,57-/m1/s1. The predicted octanol–water partition coefficient (Wildman–Crippen LogP) is 12.3. The van der Waals surface area contributed by atoms with Gasteiger partial charge in [-0.2, -0.15) is 0 Å². The zero-order valence-electron chi connectivity index (χ0n) is 38.3. The largest absolute Gasteiger partial charge is 0.337 e. The molecule has 0 N–H and O–H groups in total. The first-order chi connectivity index (χ1) is 29.9. The molecule has 1 saturated heterocycles. The van der Waals surface area contributed by atoms with E-state index < -0.39 is 5.79 Å². The van der Waals surface area contributed by atoms with Gasteiger partial charge < -0.3 is 18.4 Å². The van der Waals surface area contributed by atoms with Crippen LogP contribution in [-0.4, -0.2) is 54.1 Å². The Morgan fingerprint density at radius 1 is 0.403 bits per heavy atom. The number of hydrogen-bond donors (Lipinski definition) is 0. The minimum Gasteiger partial charge on any atom is -0.337 e. The summed E-state index contributed by atoms with van der Waals surface area (Å²) in [6.07, 6.45) is 5.04. The lowest BCUT2D eigenvalue weighted by molar-refractivity contribution is -0.944. The summed E-state index contributed by atoms with van der Waals surface area (Å²) in [4.78, 5) is 0. The molecule has 2 unspecified atom stereocenters. The van der Waals surface area contributed by atoms with Crippen LogP contribution in [0.2, 0.25) is 0 Å². The molecule has 322 valence electrons. The van der Waals surface area contributed by atoms with Crippen LogP contribution in [0.3, 0.4) is 0 Å². The van der Waals surface area contributed by atoms with Crippen molar-refractivity contribution in [2.24, 2.45) is 11.8 Å². The molecule has 4 atom stereocenters. The highest BCUT2D eigenvalue weighted by atomic mass is 16.8. The monoisotopic (exact) mass is 827 g/mol. The van der Waals surface area contributed by atoms with E-state index in [9.17, 15) is 0 Å². The predicted molar refractivity (Wildman–Crippen MR) is 255 cm³/mol. The molecule has 0 aromatic heterocycles. The molecule has 6 aromatic rings. The summed E-state index contributed by atoms with van der Waals surface area (Å²) >= 11 is 0. The van der Waals surface area contributed by atoms with Crippen LogP contribution >= 0.6 is 0 Å². The number of likely N-dealkylation sites (N-methyl/N-ethyl adjacent to an activating group) is 2. The van der Waals surface area contributed by atoms with Crippen LogP contribution in [0.5, 0.6) is 0 Å². The van der Waals surface area contributed by atoms with Crippen LogP contribution in [0.4, 0.5) is 0 Å².